The summed E-state index contributed by atoms with van der Waals surface area (Å²) in [6, 6.07) is 65.9. The van der Waals surface area contributed by atoms with E-state index in [2.05, 4.69) is 153 Å². The van der Waals surface area contributed by atoms with E-state index in [0.717, 1.165) is 66.4 Å². The summed E-state index contributed by atoms with van der Waals surface area (Å²) in [4.78, 5) is 15.5. The molecule has 4 heteroatoms. The lowest BCUT2D eigenvalue weighted by Crippen LogP contribution is -2.16. The summed E-state index contributed by atoms with van der Waals surface area (Å²) >= 11 is 0. The first kappa shape index (κ1) is 33.9. The Bertz CT molecular complexity index is 3170. The van der Waals surface area contributed by atoms with Crippen LogP contribution in [0.5, 0.6) is 0 Å². The van der Waals surface area contributed by atoms with E-state index in [-0.39, 0.29) is 5.41 Å². The van der Waals surface area contributed by atoms with Crippen LogP contribution in [0.15, 0.2) is 192 Å². The van der Waals surface area contributed by atoms with Crippen molar-refractivity contribution in [3.8, 4) is 78.7 Å². The smallest absolute Gasteiger partial charge is 0.164 e. The van der Waals surface area contributed by atoms with Gasteiger partial charge in [-0.2, -0.15) is 0 Å². The van der Waals surface area contributed by atoms with Crippen molar-refractivity contribution in [3.05, 3.63) is 199 Å². The lowest BCUT2D eigenvalue weighted by Gasteiger charge is -2.24. The Kier molecular flexibility index (Phi) is 7.80. The van der Waals surface area contributed by atoms with Gasteiger partial charge in [0.05, 0.1) is 0 Å². The first-order valence-corrected chi connectivity index (χ1v) is 19.8. The van der Waals surface area contributed by atoms with Crippen LogP contribution in [-0.4, -0.2) is 15.0 Å². The third-order valence-corrected chi connectivity index (χ3v) is 11.7. The minimum Gasteiger partial charge on any atom is -0.455 e. The Balaban J connectivity index is 1.08. The lowest BCUT2D eigenvalue weighted by atomic mass is 9.79. The fourth-order valence-corrected chi connectivity index (χ4v) is 8.97. The van der Waals surface area contributed by atoms with Crippen LogP contribution in [-0.2, 0) is 5.41 Å². The zero-order valence-corrected chi connectivity index (χ0v) is 32.1. The highest BCUT2D eigenvalue weighted by Crippen LogP contribution is 2.52. The van der Waals surface area contributed by atoms with E-state index in [4.69, 9.17) is 19.4 Å². The molecule has 274 valence electrons. The second-order valence-electron chi connectivity index (χ2n) is 15.6. The first-order valence-electron chi connectivity index (χ1n) is 19.8. The van der Waals surface area contributed by atoms with Crippen LogP contribution in [0.1, 0.15) is 25.0 Å². The third-order valence-electron chi connectivity index (χ3n) is 11.7. The zero-order valence-electron chi connectivity index (χ0n) is 32.1. The van der Waals surface area contributed by atoms with Crippen LogP contribution < -0.4 is 0 Å². The van der Waals surface area contributed by atoms with Crippen molar-refractivity contribution >= 4 is 21.9 Å². The number of furan rings is 1. The predicted molar refractivity (Wildman–Crippen MR) is 237 cm³/mol. The van der Waals surface area contributed by atoms with Gasteiger partial charge in [-0.05, 0) is 68.3 Å². The van der Waals surface area contributed by atoms with E-state index in [1.807, 2.05) is 48.5 Å². The highest BCUT2D eigenvalue weighted by molar-refractivity contribution is 6.16. The van der Waals surface area contributed by atoms with Crippen molar-refractivity contribution in [2.24, 2.45) is 0 Å². The van der Waals surface area contributed by atoms with E-state index in [0.29, 0.717) is 17.5 Å². The van der Waals surface area contributed by atoms with Gasteiger partial charge in [0.25, 0.3) is 0 Å². The summed E-state index contributed by atoms with van der Waals surface area (Å²) < 4.78 is 6.77. The minimum absolute atomic E-state index is 0.114. The van der Waals surface area contributed by atoms with Crippen LogP contribution >= 0.6 is 0 Å². The average molecular weight is 744 g/mol. The summed E-state index contributed by atoms with van der Waals surface area (Å²) in [6.45, 7) is 4.67. The molecule has 1 aliphatic rings. The molecule has 1 aliphatic carbocycles. The molecule has 0 unspecified atom stereocenters. The number of fused-ring (bicyclic) bond motifs is 6. The molecular formula is C54H37N3O. The third kappa shape index (κ3) is 5.48. The normalized spacial score (nSPS) is 12.8. The summed E-state index contributed by atoms with van der Waals surface area (Å²) in [5.41, 5.74) is 16.4. The van der Waals surface area contributed by atoms with Gasteiger partial charge in [0.1, 0.15) is 11.2 Å². The maximum atomic E-state index is 6.77. The minimum atomic E-state index is -0.114. The predicted octanol–water partition coefficient (Wildman–Crippen LogP) is 14.1. The number of nitrogens with zero attached hydrogens (tertiary/aromatic N) is 3. The van der Waals surface area contributed by atoms with Crippen LogP contribution in [0.2, 0.25) is 0 Å². The number of benzene rings is 8. The van der Waals surface area contributed by atoms with Gasteiger partial charge in [0.15, 0.2) is 17.5 Å². The maximum Gasteiger partial charge on any atom is 0.164 e. The second-order valence-corrected chi connectivity index (χ2v) is 15.6. The molecule has 11 rings (SSSR count). The summed E-state index contributed by atoms with van der Waals surface area (Å²) in [6.07, 6.45) is 0. The molecule has 2 aromatic heterocycles. The van der Waals surface area contributed by atoms with Crippen molar-refractivity contribution in [2.75, 3.05) is 0 Å². The monoisotopic (exact) mass is 743 g/mol. The van der Waals surface area contributed by atoms with Crippen molar-refractivity contribution in [3.63, 3.8) is 0 Å². The molecule has 0 fully saturated rings. The van der Waals surface area contributed by atoms with Gasteiger partial charge in [0, 0.05) is 38.4 Å². The van der Waals surface area contributed by atoms with Gasteiger partial charge < -0.3 is 4.42 Å². The van der Waals surface area contributed by atoms with Crippen LogP contribution in [0.25, 0.3) is 101 Å². The average Bonchev–Trinajstić information content (AvgIpc) is 3.79. The van der Waals surface area contributed by atoms with Gasteiger partial charge in [-0.3, -0.25) is 0 Å². The fourth-order valence-electron chi connectivity index (χ4n) is 8.97. The summed E-state index contributed by atoms with van der Waals surface area (Å²) in [7, 11) is 0. The van der Waals surface area contributed by atoms with Crippen LogP contribution in [0.4, 0.5) is 0 Å². The molecule has 2 heterocycles. The quantitative estimate of drug-likeness (QED) is 0.170. The number of aromatic nitrogens is 3. The van der Waals surface area contributed by atoms with Gasteiger partial charge in [-0.15, -0.1) is 0 Å². The van der Waals surface area contributed by atoms with Crippen molar-refractivity contribution in [1.82, 2.24) is 15.0 Å². The standard InChI is InChI=1S/C54H37N3O/c1-54(2)46-26-13-12-22-41(46)42-24-14-23-40(49(42)54)36-28-30-38(31-29-36)52-55-51(37-20-10-5-11-21-37)56-53(57-52)43-25-15-27-47-48(43)45-33-39(34-16-6-3-7-17-34)32-44(50(45)58-47)35-18-8-4-9-19-35/h3-33H,1-2H3. The Morgan fingerprint density at radius 1 is 0.379 bits per heavy atom. The van der Waals surface area contributed by atoms with Crippen LogP contribution in [0.3, 0.4) is 0 Å². The second kappa shape index (κ2) is 13.4. The highest BCUT2D eigenvalue weighted by atomic mass is 16.3. The van der Waals surface area contributed by atoms with Gasteiger partial charge in [0.2, 0.25) is 0 Å². The lowest BCUT2D eigenvalue weighted by molar-refractivity contribution is 0.662. The zero-order chi connectivity index (χ0) is 38.8. The SMILES string of the molecule is CC1(C)c2ccccc2-c2cccc(-c3ccc(-c4nc(-c5ccccc5)nc(-c5cccc6oc7c(-c8ccccc8)cc(-c8ccccc8)cc7c56)n4)cc3)c21. The molecule has 0 aliphatic heterocycles. The molecular weight excluding hydrogens is 707 g/mol. The van der Waals surface area contributed by atoms with Crippen LogP contribution in [0, 0.1) is 0 Å². The van der Waals surface area contributed by atoms with E-state index in [9.17, 15) is 0 Å². The Hall–Kier alpha value is -7.43. The number of hydrogen-bond donors (Lipinski definition) is 0. The highest BCUT2D eigenvalue weighted by Gasteiger charge is 2.37. The molecule has 0 bridgehead atoms. The molecule has 0 amide bonds. The van der Waals surface area contributed by atoms with Gasteiger partial charge in [-0.1, -0.05) is 184 Å². The maximum absolute atomic E-state index is 6.77. The van der Waals surface area contributed by atoms with Gasteiger partial charge in [-0.25, -0.2) is 15.0 Å². The molecule has 0 saturated carbocycles. The number of rotatable bonds is 6. The molecule has 0 saturated heterocycles. The molecule has 0 N–H and O–H groups in total. The van der Waals surface area contributed by atoms with E-state index < -0.39 is 0 Å². The van der Waals surface area contributed by atoms with E-state index in [1.54, 1.807) is 0 Å². The Morgan fingerprint density at radius 2 is 0.897 bits per heavy atom. The summed E-state index contributed by atoms with van der Waals surface area (Å²) in [5, 5.41) is 1.99. The molecule has 58 heavy (non-hydrogen) atoms. The first-order chi connectivity index (χ1) is 28.5. The Morgan fingerprint density at radius 3 is 1.62 bits per heavy atom. The molecule has 10 aromatic rings. The Labute approximate surface area is 337 Å². The van der Waals surface area contributed by atoms with Gasteiger partial charge >= 0.3 is 0 Å². The largest absolute Gasteiger partial charge is 0.455 e. The topological polar surface area (TPSA) is 51.8 Å². The van der Waals surface area contributed by atoms with Crippen molar-refractivity contribution in [2.45, 2.75) is 19.3 Å². The molecule has 8 aromatic carbocycles. The molecule has 4 nitrogen and oxygen atoms in total. The summed E-state index contributed by atoms with van der Waals surface area (Å²) in [5.74, 6) is 1.82. The molecule has 0 atom stereocenters. The fraction of sp³-hybridized carbons (Fsp3) is 0.0556. The van der Waals surface area contributed by atoms with E-state index >= 15 is 0 Å². The van der Waals surface area contributed by atoms with E-state index in [1.165, 1.54) is 27.8 Å². The molecule has 0 radical (unpaired) electrons. The molecule has 0 spiro atoms. The number of hydrogen-bond acceptors (Lipinski definition) is 4. The van der Waals surface area contributed by atoms with Crippen molar-refractivity contribution < 1.29 is 4.42 Å². The van der Waals surface area contributed by atoms with Crippen molar-refractivity contribution in [1.29, 1.82) is 0 Å².